The van der Waals surface area contributed by atoms with Gasteiger partial charge in [0, 0.05) is 17.0 Å². The largest absolute Gasteiger partial charge is 0.381 e. The topological polar surface area (TPSA) is 9.23 Å². The first kappa shape index (κ1) is 23.6. The van der Waals surface area contributed by atoms with E-state index >= 15 is 0 Å². The van der Waals surface area contributed by atoms with E-state index in [9.17, 15) is 0 Å². The zero-order chi connectivity index (χ0) is 21.5. The van der Waals surface area contributed by atoms with Crippen LogP contribution in [0.25, 0.3) is 0 Å². The fraction of sp³-hybridized carbons (Fsp3) is 0.929. The lowest BCUT2D eigenvalue weighted by molar-refractivity contribution is -0.0577. The van der Waals surface area contributed by atoms with Crippen molar-refractivity contribution in [2.45, 2.75) is 104 Å². The first-order valence-corrected chi connectivity index (χ1v) is 14.7. The Morgan fingerprint density at radius 3 is 2.57 bits per heavy atom. The summed E-state index contributed by atoms with van der Waals surface area (Å²) in [6.45, 7) is 10.1. The number of hydrogen-bond donors (Lipinski definition) is 0. The molecule has 0 N–H and O–H groups in total. The zero-order valence-corrected chi connectivity index (χ0v) is 22.5. The summed E-state index contributed by atoms with van der Waals surface area (Å²) in [6, 6.07) is 0. The van der Waals surface area contributed by atoms with Crippen LogP contribution < -0.4 is 0 Å². The molecule has 0 aromatic carbocycles. The highest BCUT2D eigenvalue weighted by Crippen LogP contribution is 2.67. The molecule has 0 bridgehead atoms. The van der Waals surface area contributed by atoms with E-state index < -0.39 is 0 Å². The van der Waals surface area contributed by atoms with Crippen LogP contribution in [0.1, 0.15) is 98.3 Å². The minimum atomic E-state index is 0.472. The highest BCUT2D eigenvalue weighted by molar-refractivity contribution is 14.1. The van der Waals surface area contributed by atoms with Crippen molar-refractivity contribution in [3.05, 3.63) is 11.6 Å². The van der Waals surface area contributed by atoms with Crippen molar-refractivity contribution in [1.82, 2.24) is 0 Å². The summed E-state index contributed by atoms with van der Waals surface area (Å²) in [5.74, 6) is 5.63. The van der Waals surface area contributed by atoms with Crippen molar-refractivity contribution in [2.75, 3.05) is 11.5 Å². The predicted octanol–water partition coefficient (Wildman–Crippen LogP) is 8.46. The Hall–Kier alpha value is 0.430. The second-order valence-corrected chi connectivity index (χ2v) is 13.0. The molecule has 1 nitrogen and oxygen atoms in total. The summed E-state index contributed by atoms with van der Waals surface area (Å²) in [5.41, 5.74) is 2.90. The first-order valence-electron chi connectivity index (χ1n) is 13.1. The Bertz CT molecular complexity index is 626. The average molecular weight is 527 g/mol. The minimum absolute atomic E-state index is 0.472. The number of methoxy groups -OCH3 is 1. The van der Waals surface area contributed by atoms with Crippen LogP contribution >= 0.6 is 22.6 Å². The van der Waals surface area contributed by atoms with Gasteiger partial charge in [0.1, 0.15) is 0 Å². The molecule has 3 saturated carbocycles. The van der Waals surface area contributed by atoms with Crippen molar-refractivity contribution in [2.24, 2.45) is 46.3 Å². The third-order valence-corrected chi connectivity index (χ3v) is 11.9. The molecule has 0 radical (unpaired) electrons. The summed E-state index contributed by atoms with van der Waals surface area (Å²) in [6.07, 6.45) is 18.7. The van der Waals surface area contributed by atoms with Gasteiger partial charge >= 0.3 is 0 Å². The van der Waals surface area contributed by atoms with E-state index in [0.717, 1.165) is 35.5 Å². The number of alkyl halides is 1. The van der Waals surface area contributed by atoms with Crippen molar-refractivity contribution in [1.29, 1.82) is 0 Å². The molecule has 0 aliphatic heterocycles. The van der Waals surface area contributed by atoms with Gasteiger partial charge in [-0.25, -0.2) is 0 Å². The van der Waals surface area contributed by atoms with Crippen LogP contribution in [0, 0.1) is 46.3 Å². The van der Waals surface area contributed by atoms with Gasteiger partial charge in [-0.3, -0.25) is 0 Å². The van der Waals surface area contributed by atoms with Gasteiger partial charge < -0.3 is 4.74 Å². The first-order chi connectivity index (χ1) is 14.4. The van der Waals surface area contributed by atoms with Crippen LogP contribution in [0.2, 0.25) is 0 Å². The highest BCUT2D eigenvalue weighted by atomic mass is 127. The van der Waals surface area contributed by atoms with E-state index in [2.05, 4.69) is 56.4 Å². The lowest BCUT2D eigenvalue weighted by atomic mass is 9.47. The van der Waals surface area contributed by atoms with Crippen molar-refractivity contribution >= 4 is 22.6 Å². The van der Waals surface area contributed by atoms with Crippen molar-refractivity contribution in [3.8, 4) is 0 Å². The van der Waals surface area contributed by atoms with E-state index in [1.807, 2.05) is 7.11 Å². The quantitative estimate of drug-likeness (QED) is 0.184. The van der Waals surface area contributed by atoms with Crippen molar-refractivity contribution < 1.29 is 4.74 Å². The van der Waals surface area contributed by atoms with E-state index in [-0.39, 0.29) is 0 Å². The number of hydrogen-bond acceptors (Lipinski definition) is 1. The van der Waals surface area contributed by atoms with Crippen LogP contribution in [0.4, 0.5) is 0 Å². The maximum absolute atomic E-state index is 5.80. The monoisotopic (exact) mass is 526 g/mol. The molecular formula is C28H47IO. The standard InChI is InChI=1S/C28H47IO/c1-19(2)7-6-8-20(3)24-11-12-25-23-10-9-21-17-22(30-5)13-16-28(21,18-29)26(23)14-15-27(24,25)4/h9,19-20,22-26H,6-8,10-18H2,1-5H3/t20-,22+,23+,24-,25+,26+,27-,28-/m1/s1. The van der Waals surface area contributed by atoms with E-state index in [1.165, 1.54) is 75.1 Å². The molecule has 0 amide bonds. The van der Waals surface area contributed by atoms with Crippen molar-refractivity contribution in [3.63, 3.8) is 0 Å². The molecule has 172 valence electrons. The molecule has 4 rings (SSSR count). The Morgan fingerprint density at radius 1 is 1.07 bits per heavy atom. The predicted molar refractivity (Wildman–Crippen MR) is 137 cm³/mol. The van der Waals surface area contributed by atoms with E-state index in [0.29, 0.717) is 16.9 Å². The van der Waals surface area contributed by atoms with Gasteiger partial charge in [0.15, 0.2) is 0 Å². The lowest BCUT2D eigenvalue weighted by Crippen LogP contribution is -2.52. The molecule has 0 spiro atoms. The Balaban J connectivity index is 1.51. The van der Waals surface area contributed by atoms with E-state index in [4.69, 9.17) is 4.74 Å². The van der Waals surface area contributed by atoms with Crippen LogP contribution in [-0.2, 0) is 4.74 Å². The lowest BCUT2D eigenvalue weighted by Gasteiger charge is -2.59. The van der Waals surface area contributed by atoms with Crippen LogP contribution in [0.3, 0.4) is 0 Å². The van der Waals surface area contributed by atoms with Gasteiger partial charge in [0.25, 0.3) is 0 Å². The summed E-state index contributed by atoms with van der Waals surface area (Å²) in [4.78, 5) is 0. The smallest absolute Gasteiger partial charge is 0.0609 e. The molecule has 3 fully saturated rings. The number of halogens is 1. The van der Waals surface area contributed by atoms with E-state index in [1.54, 1.807) is 5.57 Å². The number of fused-ring (bicyclic) bond motifs is 5. The molecule has 0 heterocycles. The molecule has 0 aromatic rings. The molecule has 2 heteroatoms. The maximum atomic E-state index is 5.80. The third kappa shape index (κ3) is 3.97. The summed E-state index contributed by atoms with van der Waals surface area (Å²) >= 11 is 2.74. The number of allylic oxidation sites excluding steroid dienone is 1. The van der Waals surface area contributed by atoms with Gasteiger partial charge in [-0.1, -0.05) is 81.2 Å². The zero-order valence-electron chi connectivity index (χ0n) is 20.4. The fourth-order valence-corrected chi connectivity index (χ4v) is 10.3. The summed E-state index contributed by atoms with van der Waals surface area (Å²) in [7, 11) is 1.92. The fourth-order valence-electron chi connectivity index (χ4n) is 8.90. The number of ether oxygens (including phenoxy) is 1. The number of rotatable bonds is 7. The molecule has 0 unspecified atom stereocenters. The normalized spacial score (nSPS) is 44.2. The molecule has 4 aliphatic rings. The molecule has 4 aliphatic carbocycles. The summed E-state index contributed by atoms with van der Waals surface area (Å²) < 4.78 is 7.12. The summed E-state index contributed by atoms with van der Waals surface area (Å²) in [5, 5.41) is 0. The van der Waals surface area contributed by atoms with Gasteiger partial charge in [0.05, 0.1) is 6.10 Å². The SMILES string of the molecule is CO[C@H]1CC[C@@]2(CI)C(=CC[C@@H]3[C@@H]2CC[C@]2(C)[C@@H]([C@H](C)CCCC(C)C)CC[C@@H]32)C1. The van der Waals surface area contributed by atoms with Gasteiger partial charge in [0.2, 0.25) is 0 Å². The van der Waals surface area contributed by atoms with Crippen LogP contribution in [0.15, 0.2) is 11.6 Å². The Morgan fingerprint density at radius 2 is 1.87 bits per heavy atom. The van der Waals surface area contributed by atoms with Gasteiger partial charge in [-0.05, 0) is 92.3 Å². The highest BCUT2D eigenvalue weighted by Gasteiger charge is 2.59. The third-order valence-electron chi connectivity index (χ3n) is 10.6. The molecule has 0 aromatic heterocycles. The Labute approximate surface area is 200 Å². The minimum Gasteiger partial charge on any atom is -0.381 e. The van der Waals surface area contributed by atoms with Crippen LogP contribution in [0.5, 0.6) is 0 Å². The Kier molecular flexibility index (Phi) is 7.35. The molecule has 30 heavy (non-hydrogen) atoms. The second-order valence-electron chi connectivity index (χ2n) is 12.3. The molecular weight excluding hydrogens is 479 g/mol. The van der Waals surface area contributed by atoms with Gasteiger partial charge in [-0.15, -0.1) is 0 Å². The molecule has 0 saturated heterocycles. The second kappa shape index (κ2) is 9.35. The van der Waals surface area contributed by atoms with Gasteiger partial charge in [-0.2, -0.15) is 0 Å². The molecule has 8 atom stereocenters. The maximum Gasteiger partial charge on any atom is 0.0609 e. The van der Waals surface area contributed by atoms with Crippen LogP contribution in [-0.4, -0.2) is 17.6 Å². The average Bonchev–Trinajstić information content (AvgIpc) is 3.09.